The van der Waals surface area contributed by atoms with E-state index in [4.69, 9.17) is 5.26 Å². The number of urea groups is 1. The predicted octanol–water partition coefficient (Wildman–Crippen LogP) is 2.00. The van der Waals surface area contributed by atoms with Gasteiger partial charge in [0.2, 0.25) is 0 Å². The van der Waals surface area contributed by atoms with E-state index in [2.05, 4.69) is 5.32 Å². The molecule has 1 N–H and O–H groups in total. The van der Waals surface area contributed by atoms with Gasteiger partial charge in [-0.15, -0.1) is 0 Å². The number of benzene rings is 1. The topological polar surface area (TPSA) is 73.2 Å². The summed E-state index contributed by atoms with van der Waals surface area (Å²) in [6.07, 6.45) is 0. The van der Waals surface area contributed by atoms with Crippen LogP contribution in [-0.2, 0) is 4.79 Å². The van der Waals surface area contributed by atoms with Crippen LogP contribution in [0, 0.1) is 14.9 Å². The Morgan fingerprint density at radius 3 is 2.50 bits per heavy atom. The van der Waals surface area contributed by atoms with E-state index in [-0.39, 0.29) is 5.91 Å². The number of anilines is 1. The van der Waals surface area contributed by atoms with E-state index in [1.54, 1.807) is 32.0 Å². The van der Waals surface area contributed by atoms with Gasteiger partial charge in [-0.1, -0.05) is 0 Å². The zero-order valence-corrected chi connectivity index (χ0v) is 12.0. The molecule has 0 saturated carbocycles. The first-order chi connectivity index (χ1) is 8.36. The molecule has 1 aliphatic heterocycles. The maximum Gasteiger partial charge on any atom is 0.329 e. The highest BCUT2D eigenvalue weighted by Crippen LogP contribution is 2.26. The number of carbonyl (C=O) groups excluding carboxylic acids is 2. The molecule has 92 valence electrons. The second kappa shape index (κ2) is 4.24. The highest BCUT2D eigenvalue weighted by molar-refractivity contribution is 14.1. The SMILES string of the molecule is CC1(C)NC(=O)N(c2ccc(C#N)c(I)c2)C1=O. The lowest BCUT2D eigenvalue weighted by atomic mass is 10.1. The number of nitrogens with zero attached hydrogens (tertiary/aromatic N) is 2. The number of halogens is 1. The van der Waals surface area contributed by atoms with Gasteiger partial charge in [0.1, 0.15) is 11.6 Å². The molecule has 18 heavy (non-hydrogen) atoms. The molecule has 1 aromatic rings. The molecular weight excluding hydrogens is 345 g/mol. The summed E-state index contributed by atoms with van der Waals surface area (Å²) < 4.78 is 0.706. The fourth-order valence-electron chi connectivity index (χ4n) is 1.72. The smallest absolute Gasteiger partial charge is 0.323 e. The van der Waals surface area contributed by atoms with Crippen LogP contribution < -0.4 is 10.2 Å². The lowest BCUT2D eigenvalue weighted by Crippen LogP contribution is -2.40. The summed E-state index contributed by atoms with van der Waals surface area (Å²) in [5.74, 6) is -0.298. The van der Waals surface area contributed by atoms with E-state index in [9.17, 15) is 9.59 Å². The summed E-state index contributed by atoms with van der Waals surface area (Å²) in [5, 5.41) is 11.5. The minimum Gasteiger partial charge on any atom is -0.323 e. The molecule has 1 fully saturated rings. The van der Waals surface area contributed by atoms with Crippen molar-refractivity contribution in [2.45, 2.75) is 19.4 Å². The predicted molar refractivity (Wildman–Crippen MR) is 74.0 cm³/mol. The zero-order chi connectivity index (χ0) is 13.5. The number of rotatable bonds is 1. The van der Waals surface area contributed by atoms with Crippen LogP contribution in [-0.4, -0.2) is 17.5 Å². The Kier molecular flexibility index (Phi) is 3.02. The van der Waals surface area contributed by atoms with Crippen LogP contribution in [0.2, 0.25) is 0 Å². The number of amides is 3. The molecule has 1 aliphatic rings. The van der Waals surface area contributed by atoms with E-state index >= 15 is 0 Å². The van der Waals surface area contributed by atoms with Crippen LogP contribution in [0.15, 0.2) is 18.2 Å². The van der Waals surface area contributed by atoms with Crippen molar-refractivity contribution in [3.8, 4) is 6.07 Å². The summed E-state index contributed by atoms with van der Waals surface area (Å²) in [4.78, 5) is 25.0. The normalized spacial score (nSPS) is 17.6. The molecule has 0 aromatic heterocycles. The van der Waals surface area contributed by atoms with Gasteiger partial charge in [0.15, 0.2) is 0 Å². The second-order valence-corrected chi connectivity index (χ2v) is 5.63. The van der Waals surface area contributed by atoms with Gasteiger partial charge in [-0.3, -0.25) is 4.79 Å². The minimum atomic E-state index is -0.892. The van der Waals surface area contributed by atoms with Crippen molar-refractivity contribution in [1.29, 1.82) is 5.26 Å². The minimum absolute atomic E-state index is 0.298. The van der Waals surface area contributed by atoms with Crippen LogP contribution in [0.1, 0.15) is 19.4 Å². The maximum absolute atomic E-state index is 12.1. The summed E-state index contributed by atoms with van der Waals surface area (Å²) in [5.41, 5.74) is 0.105. The van der Waals surface area contributed by atoms with E-state index in [1.165, 1.54) is 0 Å². The van der Waals surface area contributed by atoms with Crippen LogP contribution in [0.25, 0.3) is 0 Å². The molecule has 1 saturated heterocycles. The van der Waals surface area contributed by atoms with Gasteiger partial charge >= 0.3 is 6.03 Å². The fraction of sp³-hybridized carbons (Fsp3) is 0.250. The van der Waals surface area contributed by atoms with Gasteiger partial charge in [0, 0.05) is 3.57 Å². The molecule has 0 atom stereocenters. The molecule has 6 heteroatoms. The molecule has 0 aliphatic carbocycles. The molecule has 2 rings (SSSR count). The van der Waals surface area contributed by atoms with Crippen LogP contribution in [0.4, 0.5) is 10.5 Å². The van der Waals surface area contributed by atoms with Crippen molar-refractivity contribution >= 4 is 40.2 Å². The Balaban J connectivity index is 2.45. The molecule has 3 amide bonds. The lowest BCUT2D eigenvalue weighted by molar-refractivity contribution is -0.121. The quantitative estimate of drug-likeness (QED) is 0.619. The monoisotopic (exact) mass is 355 g/mol. The highest BCUT2D eigenvalue weighted by Gasteiger charge is 2.45. The molecule has 0 radical (unpaired) electrons. The Labute approximate surface area is 118 Å². The van der Waals surface area contributed by atoms with Gasteiger partial charge in [0.05, 0.1) is 11.3 Å². The fourth-order valence-corrected chi connectivity index (χ4v) is 2.34. The first-order valence-electron chi connectivity index (χ1n) is 5.23. The van der Waals surface area contributed by atoms with Crippen LogP contribution in [0.5, 0.6) is 0 Å². The molecule has 0 spiro atoms. The average Bonchev–Trinajstić information content (AvgIpc) is 2.48. The third-order valence-corrected chi connectivity index (χ3v) is 3.58. The largest absolute Gasteiger partial charge is 0.329 e. The van der Waals surface area contributed by atoms with Crippen molar-refractivity contribution in [1.82, 2.24) is 5.32 Å². The number of nitrogens with one attached hydrogen (secondary N) is 1. The van der Waals surface area contributed by atoms with Gasteiger partial charge < -0.3 is 5.32 Å². The van der Waals surface area contributed by atoms with E-state index in [1.807, 2.05) is 28.7 Å². The standard InChI is InChI=1S/C12H10IN3O2/c1-12(2)10(17)16(11(18)15-12)8-4-3-7(6-14)9(13)5-8/h3-5H,1-2H3,(H,15,18). The molecule has 5 nitrogen and oxygen atoms in total. The Hall–Kier alpha value is -1.62. The van der Waals surface area contributed by atoms with Crippen LogP contribution >= 0.6 is 22.6 Å². The lowest BCUT2D eigenvalue weighted by Gasteiger charge is -2.16. The van der Waals surface area contributed by atoms with Gasteiger partial charge in [0.25, 0.3) is 5.91 Å². The molecule has 1 heterocycles. The number of nitriles is 1. The number of hydrogen-bond donors (Lipinski definition) is 1. The average molecular weight is 355 g/mol. The Morgan fingerprint density at radius 2 is 2.06 bits per heavy atom. The van der Waals surface area contributed by atoms with Gasteiger partial charge in [-0.2, -0.15) is 5.26 Å². The van der Waals surface area contributed by atoms with Crippen molar-refractivity contribution in [2.75, 3.05) is 4.90 Å². The summed E-state index contributed by atoms with van der Waals surface area (Å²) in [6, 6.07) is 6.45. The summed E-state index contributed by atoms with van der Waals surface area (Å²) in [7, 11) is 0. The highest BCUT2D eigenvalue weighted by atomic mass is 127. The first-order valence-corrected chi connectivity index (χ1v) is 6.31. The van der Waals surface area contributed by atoms with E-state index in [0.29, 0.717) is 14.8 Å². The number of hydrogen-bond acceptors (Lipinski definition) is 3. The Bertz CT molecular complexity index is 589. The Morgan fingerprint density at radius 1 is 1.39 bits per heavy atom. The van der Waals surface area contributed by atoms with Gasteiger partial charge in [-0.05, 0) is 54.6 Å². The maximum atomic E-state index is 12.1. The summed E-state index contributed by atoms with van der Waals surface area (Å²) >= 11 is 2.00. The molecule has 1 aromatic carbocycles. The number of imide groups is 1. The third kappa shape index (κ3) is 1.95. The number of carbonyl (C=O) groups is 2. The molecule has 0 bridgehead atoms. The van der Waals surface area contributed by atoms with Crippen molar-refractivity contribution < 1.29 is 9.59 Å². The second-order valence-electron chi connectivity index (χ2n) is 4.47. The van der Waals surface area contributed by atoms with Crippen molar-refractivity contribution in [3.05, 3.63) is 27.3 Å². The van der Waals surface area contributed by atoms with Crippen LogP contribution in [0.3, 0.4) is 0 Å². The zero-order valence-electron chi connectivity index (χ0n) is 9.82. The van der Waals surface area contributed by atoms with Gasteiger partial charge in [-0.25, -0.2) is 9.69 Å². The molecule has 0 unspecified atom stereocenters. The van der Waals surface area contributed by atoms with Crippen molar-refractivity contribution in [2.24, 2.45) is 0 Å². The molecular formula is C12H10IN3O2. The van der Waals surface area contributed by atoms with Crippen molar-refractivity contribution in [3.63, 3.8) is 0 Å². The summed E-state index contributed by atoms with van der Waals surface area (Å²) in [6.45, 7) is 3.31. The third-order valence-electron chi connectivity index (χ3n) is 2.69. The van der Waals surface area contributed by atoms with E-state index in [0.717, 1.165) is 4.90 Å². The first kappa shape index (κ1) is 12.8. The van der Waals surface area contributed by atoms with E-state index < -0.39 is 11.6 Å².